The first-order chi connectivity index (χ1) is 15.1. The zero-order valence-corrected chi connectivity index (χ0v) is 19.7. The molecule has 2 atom stereocenters. The van der Waals surface area contributed by atoms with E-state index in [1.807, 2.05) is 29.2 Å². The molecule has 10 heteroatoms. The average molecular weight is 483 g/mol. The number of anilines is 1. The minimum Gasteiger partial charge on any atom is -0.497 e. The molecule has 0 saturated carbocycles. The highest BCUT2D eigenvalue weighted by Gasteiger charge is 2.49. The maximum absolute atomic E-state index is 14.4. The van der Waals surface area contributed by atoms with Crippen LogP contribution in [0.15, 0.2) is 47.4 Å². The van der Waals surface area contributed by atoms with Gasteiger partial charge in [-0.3, -0.25) is 4.90 Å². The van der Waals surface area contributed by atoms with Crippen molar-refractivity contribution in [3.63, 3.8) is 0 Å². The van der Waals surface area contributed by atoms with Crippen LogP contribution >= 0.6 is 0 Å². The van der Waals surface area contributed by atoms with Gasteiger partial charge in [-0.05, 0) is 48.9 Å². The Morgan fingerprint density at radius 2 is 1.66 bits per heavy atom. The normalized spacial score (nSPS) is 23.9. The Labute approximate surface area is 188 Å². The number of ether oxygens (including phenoxy) is 1. The lowest BCUT2D eigenvalue weighted by Crippen LogP contribution is -2.55. The van der Waals surface area contributed by atoms with Crippen molar-refractivity contribution in [1.29, 1.82) is 0 Å². The molecule has 0 unspecified atom stereocenters. The number of methoxy groups -OCH3 is 1. The van der Waals surface area contributed by atoms with E-state index in [0.29, 0.717) is 31.7 Å². The number of nitrogens with zero attached hydrogens (tertiary/aromatic N) is 2. The van der Waals surface area contributed by atoms with Crippen molar-refractivity contribution >= 4 is 25.4 Å². The highest BCUT2D eigenvalue weighted by molar-refractivity contribution is 7.96. The molecule has 174 valence electrons. The second-order valence-electron chi connectivity index (χ2n) is 8.38. The highest BCUT2D eigenvalue weighted by atomic mass is 32.2. The van der Waals surface area contributed by atoms with Gasteiger partial charge in [0.25, 0.3) is 0 Å². The fourth-order valence-electron chi connectivity index (χ4n) is 4.53. The number of hydrogen-bond donors (Lipinski definition) is 0. The van der Waals surface area contributed by atoms with Crippen molar-refractivity contribution in [2.45, 2.75) is 23.1 Å². The highest BCUT2D eigenvalue weighted by Crippen LogP contribution is 2.32. The summed E-state index contributed by atoms with van der Waals surface area (Å²) in [5.41, 5.74) is 1.63. The van der Waals surface area contributed by atoms with Crippen LogP contribution in [0.25, 0.3) is 0 Å². The molecule has 0 amide bonds. The first kappa shape index (κ1) is 23.0. The lowest BCUT2D eigenvalue weighted by atomic mass is 10.1. The molecule has 2 fully saturated rings. The van der Waals surface area contributed by atoms with Gasteiger partial charge < -0.3 is 9.64 Å². The molecule has 2 aliphatic rings. The van der Waals surface area contributed by atoms with Crippen molar-refractivity contribution in [1.82, 2.24) is 4.90 Å². The number of piperazine rings is 1. The topological polar surface area (TPSA) is 84.0 Å². The molecule has 2 saturated heterocycles. The van der Waals surface area contributed by atoms with Crippen LogP contribution in [-0.2, 0) is 19.7 Å². The average Bonchev–Trinajstić information content (AvgIpc) is 3.12. The fraction of sp³-hybridized carbons (Fsp3) is 0.455. The molecule has 2 aromatic rings. The molecule has 32 heavy (non-hydrogen) atoms. The fourth-order valence-corrected chi connectivity index (χ4v) is 9.51. The predicted octanol–water partition coefficient (Wildman–Crippen LogP) is 1.90. The summed E-state index contributed by atoms with van der Waals surface area (Å²) in [5.74, 6) is -0.790. The van der Waals surface area contributed by atoms with Crippen molar-refractivity contribution in [3.8, 4) is 5.75 Å². The van der Waals surface area contributed by atoms with Gasteiger partial charge in [0, 0.05) is 37.9 Å². The molecule has 4 rings (SSSR count). The number of benzene rings is 2. The maximum Gasteiger partial charge on any atom is 0.186 e. The van der Waals surface area contributed by atoms with Crippen LogP contribution in [0.4, 0.5) is 10.1 Å². The van der Waals surface area contributed by atoms with Crippen LogP contribution in [0.5, 0.6) is 5.75 Å². The standard InChI is InChI=1S/C22H27FN2O5S2/c1-16-3-8-19(23)21(13-16)32(28,29)22-15-31(26,27)14-20(22)25-11-9-24(10-12-25)17-4-6-18(30-2)7-5-17/h3-8,13,20,22H,9-12,14-15H2,1-2H3/t20-,22-/m0/s1. The van der Waals surface area contributed by atoms with Crippen LogP contribution < -0.4 is 9.64 Å². The summed E-state index contributed by atoms with van der Waals surface area (Å²) in [4.78, 5) is 3.69. The van der Waals surface area contributed by atoms with Crippen LogP contribution in [0.3, 0.4) is 0 Å². The molecule has 0 N–H and O–H groups in total. The predicted molar refractivity (Wildman–Crippen MR) is 121 cm³/mol. The Kier molecular flexibility index (Phi) is 6.21. The maximum atomic E-state index is 14.4. The largest absolute Gasteiger partial charge is 0.497 e. The summed E-state index contributed by atoms with van der Waals surface area (Å²) in [6.07, 6.45) is 0. The molecule has 0 aliphatic carbocycles. The lowest BCUT2D eigenvalue weighted by Gasteiger charge is -2.40. The third-order valence-electron chi connectivity index (χ3n) is 6.28. The van der Waals surface area contributed by atoms with E-state index < -0.39 is 47.4 Å². The van der Waals surface area contributed by atoms with Crippen molar-refractivity contribution in [2.24, 2.45) is 0 Å². The minimum atomic E-state index is -4.16. The molecule has 2 heterocycles. The van der Waals surface area contributed by atoms with Crippen molar-refractivity contribution in [3.05, 3.63) is 53.8 Å². The second-order valence-corrected chi connectivity index (χ2v) is 12.7. The van der Waals surface area contributed by atoms with Crippen molar-refractivity contribution < 1.29 is 26.0 Å². The molecule has 0 spiro atoms. The summed E-state index contributed by atoms with van der Waals surface area (Å²) in [5, 5.41) is -1.18. The van der Waals surface area contributed by atoms with E-state index in [1.54, 1.807) is 14.0 Å². The van der Waals surface area contributed by atoms with Crippen molar-refractivity contribution in [2.75, 3.05) is 49.7 Å². The molecular formula is C22H27FN2O5S2. The Bertz CT molecular complexity index is 1190. The molecule has 0 radical (unpaired) electrons. The summed E-state index contributed by atoms with van der Waals surface area (Å²) in [7, 11) is -6.10. The van der Waals surface area contributed by atoms with E-state index in [1.165, 1.54) is 12.1 Å². The zero-order valence-electron chi connectivity index (χ0n) is 18.1. The SMILES string of the molecule is COc1ccc(N2CCN([C@H]3CS(=O)(=O)C[C@@H]3S(=O)(=O)c3cc(C)ccc3F)CC2)cc1. The zero-order chi connectivity index (χ0) is 23.1. The van der Waals surface area contributed by atoms with E-state index >= 15 is 0 Å². The summed E-state index contributed by atoms with van der Waals surface area (Å²) >= 11 is 0. The molecule has 0 bridgehead atoms. The van der Waals surface area contributed by atoms with Gasteiger partial charge in [0.1, 0.15) is 16.5 Å². The first-order valence-electron chi connectivity index (χ1n) is 10.4. The third-order valence-corrected chi connectivity index (χ3v) is 10.4. The van der Waals surface area contributed by atoms with Gasteiger partial charge in [-0.1, -0.05) is 6.07 Å². The quantitative estimate of drug-likeness (QED) is 0.644. The van der Waals surface area contributed by atoms with Crippen LogP contribution in [0.1, 0.15) is 5.56 Å². The van der Waals surface area contributed by atoms with Gasteiger partial charge in [-0.15, -0.1) is 0 Å². The Balaban J connectivity index is 1.55. The lowest BCUT2D eigenvalue weighted by molar-refractivity contribution is 0.201. The van der Waals surface area contributed by atoms with Crippen LogP contribution in [0, 0.1) is 12.7 Å². The summed E-state index contributed by atoms with van der Waals surface area (Å²) < 4.78 is 71.2. The van der Waals surface area contributed by atoms with E-state index in [0.717, 1.165) is 17.5 Å². The number of halogens is 1. The smallest absolute Gasteiger partial charge is 0.186 e. The molecule has 2 aliphatic heterocycles. The van der Waals surface area contributed by atoms with Gasteiger partial charge in [-0.2, -0.15) is 0 Å². The van der Waals surface area contributed by atoms with E-state index in [9.17, 15) is 21.2 Å². The first-order valence-corrected chi connectivity index (χ1v) is 13.8. The van der Waals surface area contributed by atoms with E-state index in [-0.39, 0.29) is 5.75 Å². The molecule has 2 aromatic carbocycles. The van der Waals surface area contributed by atoms with Gasteiger partial charge in [0.2, 0.25) is 0 Å². The van der Waals surface area contributed by atoms with Crippen LogP contribution in [0.2, 0.25) is 0 Å². The number of aryl methyl sites for hydroxylation is 1. The van der Waals surface area contributed by atoms with Gasteiger partial charge in [0.05, 0.1) is 23.9 Å². The molecule has 7 nitrogen and oxygen atoms in total. The summed E-state index contributed by atoms with van der Waals surface area (Å²) in [6.45, 7) is 3.99. The monoisotopic (exact) mass is 482 g/mol. The van der Waals surface area contributed by atoms with Gasteiger partial charge in [-0.25, -0.2) is 21.2 Å². The molecular weight excluding hydrogens is 455 g/mol. The second kappa shape index (κ2) is 8.64. The molecule has 0 aromatic heterocycles. The Hall–Kier alpha value is -2.17. The summed E-state index contributed by atoms with van der Waals surface area (Å²) in [6, 6.07) is 10.9. The van der Waals surface area contributed by atoms with E-state index in [4.69, 9.17) is 4.74 Å². The number of hydrogen-bond acceptors (Lipinski definition) is 7. The Morgan fingerprint density at radius 3 is 2.28 bits per heavy atom. The number of sulfone groups is 2. The minimum absolute atomic E-state index is 0.229. The van der Waals surface area contributed by atoms with Gasteiger partial charge >= 0.3 is 0 Å². The Morgan fingerprint density at radius 1 is 1.00 bits per heavy atom. The van der Waals surface area contributed by atoms with Gasteiger partial charge in [0.15, 0.2) is 19.7 Å². The number of rotatable bonds is 5. The third kappa shape index (κ3) is 4.49. The van der Waals surface area contributed by atoms with Crippen LogP contribution in [-0.4, -0.2) is 77.8 Å². The van der Waals surface area contributed by atoms with E-state index in [2.05, 4.69) is 4.90 Å².